The zero-order chi connectivity index (χ0) is 20.8. The average molecular weight is 420 g/mol. The number of nitrogens with zero attached hydrogens (tertiary/aromatic N) is 3. The predicted octanol–water partition coefficient (Wildman–Crippen LogP) is 3.56. The van der Waals surface area contributed by atoms with E-state index < -0.39 is 6.10 Å². The van der Waals surface area contributed by atoms with Crippen LogP contribution in [0.25, 0.3) is 0 Å². The number of hydrogen-bond donors (Lipinski definition) is 1. The summed E-state index contributed by atoms with van der Waals surface area (Å²) in [6, 6.07) is 16.1. The molecule has 30 heavy (non-hydrogen) atoms. The normalized spacial score (nSPS) is 15.5. The SMILES string of the molecule is C#CCOc1ccccc1CN1CCN(c2ccccc2[C@H](O)c2nccs2)CC1. The number of aliphatic hydroxyl groups excluding tert-OH is 1. The highest BCUT2D eigenvalue weighted by Crippen LogP contribution is 2.32. The number of aliphatic hydroxyl groups is 1. The van der Waals surface area contributed by atoms with Gasteiger partial charge in [0.1, 0.15) is 23.5 Å². The number of para-hydroxylation sites is 2. The number of thiazole rings is 1. The van der Waals surface area contributed by atoms with Gasteiger partial charge in [-0.15, -0.1) is 17.8 Å². The van der Waals surface area contributed by atoms with Gasteiger partial charge >= 0.3 is 0 Å². The van der Waals surface area contributed by atoms with Gasteiger partial charge in [0.05, 0.1) is 0 Å². The fourth-order valence-electron chi connectivity index (χ4n) is 3.79. The van der Waals surface area contributed by atoms with Crippen LogP contribution in [0.15, 0.2) is 60.1 Å². The van der Waals surface area contributed by atoms with E-state index in [0.29, 0.717) is 0 Å². The summed E-state index contributed by atoms with van der Waals surface area (Å²) in [5.41, 5.74) is 3.15. The molecule has 1 saturated heterocycles. The molecule has 0 amide bonds. The Kier molecular flexibility index (Phi) is 6.65. The standard InChI is InChI=1S/C24H25N3O2S/c1-2-16-29-22-10-6-3-7-19(22)18-26-12-14-27(15-13-26)21-9-5-4-8-20(21)23(28)24-25-11-17-30-24/h1,3-11,17,23,28H,12-16,18H2/t23-/m0/s1. The Morgan fingerprint density at radius 3 is 2.63 bits per heavy atom. The molecule has 1 fully saturated rings. The van der Waals surface area contributed by atoms with Crippen molar-refractivity contribution in [2.75, 3.05) is 37.7 Å². The number of ether oxygens (including phenoxy) is 1. The first-order valence-electron chi connectivity index (χ1n) is 10.0. The van der Waals surface area contributed by atoms with E-state index in [0.717, 1.165) is 60.3 Å². The van der Waals surface area contributed by atoms with Gasteiger partial charge < -0.3 is 14.7 Å². The van der Waals surface area contributed by atoms with Crippen molar-refractivity contribution < 1.29 is 9.84 Å². The molecule has 1 N–H and O–H groups in total. The minimum absolute atomic E-state index is 0.281. The second kappa shape index (κ2) is 9.77. The van der Waals surface area contributed by atoms with Gasteiger partial charge in [0.2, 0.25) is 0 Å². The van der Waals surface area contributed by atoms with Crippen LogP contribution in [0.4, 0.5) is 5.69 Å². The first-order chi connectivity index (χ1) is 14.8. The lowest BCUT2D eigenvalue weighted by Crippen LogP contribution is -2.46. The number of terminal acetylenes is 1. The summed E-state index contributed by atoms with van der Waals surface area (Å²) in [6.07, 6.45) is 6.37. The van der Waals surface area contributed by atoms with Crippen LogP contribution in [0.1, 0.15) is 22.2 Å². The number of aromatic nitrogens is 1. The van der Waals surface area contributed by atoms with Crippen LogP contribution in [0, 0.1) is 12.3 Å². The van der Waals surface area contributed by atoms with Gasteiger partial charge in [-0.2, -0.15) is 0 Å². The number of benzene rings is 2. The van der Waals surface area contributed by atoms with E-state index in [1.165, 1.54) is 11.3 Å². The van der Waals surface area contributed by atoms with Crippen LogP contribution in [-0.4, -0.2) is 47.8 Å². The van der Waals surface area contributed by atoms with E-state index >= 15 is 0 Å². The predicted molar refractivity (Wildman–Crippen MR) is 121 cm³/mol. The van der Waals surface area contributed by atoms with E-state index in [9.17, 15) is 5.11 Å². The minimum Gasteiger partial charge on any atom is -0.481 e. The van der Waals surface area contributed by atoms with Gasteiger partial charge in [-0.1, -0.05) is 42.3 Å². The van der Waals surface area contributed by atoms with E-state index in [1.807, 2.05) is 41.8 Å². The lowest BCUT2D eigenvalue weighted by molar-refractivity contribution is 0.218. The van der Waals surface area contributed by atoms with Crippen LogP contribution in [-0.2, 0) is 6.54 Å². The molecule has 5 nitrogen and oxygen atoms in total. The van der Waals surface area contributed by atoms with Gasteiger partial charge in [0.25, 0.3) is 0 Å². The van der Waals surface area contributed by atoms with Crippen molar-refractivity contribution >= 4 is 17.0 Å². The van der Waals surface area contributed by atoms with Gasteiger partial charge in [-0.3, -0.25) is 4.90 Å². The molecule has 0 unspecified atom stereocenters. The topological polar surface area (TPSA) is 48.8 Å². The zero-order valence-electron chi connectivity index (χ0n) is 16.8. The van der Waals surface area contributed by atoms with E-state index in [-0.39, 0.29) is 6.61 Å². The molecule has 1 aliphatic rings. The molecule has 3 aromatic rings. The Bertz CT molecular complexity index is 992. The fourth-order valence-corrected chi connectivity index (χ4v) is 4.43. The quantitative estimate of drug-likeness (QED) is 0.594. The third-order valence-electron chi connectivity index (χ3n) is 5.31. The summed E-state index contributed by atoms with van der Waals surface area (Å²) < 4.78 is 5.69. The maximum atomic E-state index is 10.8. The van der Waals surface area contributed by atoms with Crippen molar-refractivity contribution in [3.8, 4) is 18.1 Å². The molecular formula is C24H25N3O2S. The third-order valence-corrected chi connectivity index (χ3v) is 6.14. The van der Waals surface area contributed by atoms with Gasteiger partial charge in [-0.25, -0.2) is 4.98 Å². The molecule has 0 bridgehead atoms. The Hall–Kier alpha value is -2.85. The highest BCUT2D eigenvalue weighted by Gasteiger charge is 2.23. The minimum atomic E-state index is -0.695. The number of anilines is 1. The van der Waals surface area contributed by atoms with Crippen molar-refractivity contribution in [3.05, 3.63) is 76.2 Å². The summed E-state index contributed by atoms with van der Waals surface area (Å²) in [5.74, 6) is 3.39. The van der Waals surface area contributed by atoms with Crippen molar-refractivity contribution in [2.24, 2.45) is 0 Å². The molecule has 0 spiro atoms. The molecule has 2 heterocycles. The Labute approximate surface area is 181 Å². The summed E-state index contributed by atoms with van der Waals surface area (Å²) in [7, 11) is 0. The summed E-state index contributed by atoms with van der Waals surface area (Å²) >= 11 is 1.48. The molecule has 2 aromatic carbocycles. The van der Waals surface area contributed by atoms with Crippen LogP contribution >= 0.6 is 11.3 Å². The van der Waals surface area contributed by atoms with Gasteiger partial charge in [0, 0.05) is 61.1 Å². The molecule has 154 valence electrons. The number of piperazine rings is 1. The van der Waals surface area contributed by atoms with Crippen molar-refractivity contribution in [1.82, 2.24) is 9.88 Å². The first kappa shape index (κ1) is 20.4. The molecule has 1 atom stereocenters. The molecule has 0 aliphatic carbocycles. The molecule has 1 aromatic heterocycles. The molecular weight excluding hydrogens is 394 g/mol. The van der Waals surface area contributed by atoms with Crippen molar-refractivity contribution in [3.63, 3.8) is 0 Å². The third kappa shape index (κ3) is 4.65. The molecule has 4 rings (SSSR count). The highest BCUT2D eigenvalue weighted by atomic mass is 32.1. The Morgan fingerprint density at radius 2 is 1.87 bits per heavy atom. The maximum Gasteiger partial charge on any atom is 0.148 e. The van der Waals surface area contributed by atoms with Gasteiger partial charge in [0.15, 0.2) is 0 Å². The largest absolute Gasteiger partial charge is 0.481 e. The van der Waals surface area contributed by atoms with E-state index in [1.54, 1.807) is 6.20 Å². The smallest absolute Gasteiger partial charge is 0.148 e. The monoisotopic (exact) mass is 419 g/mol. The Balaban J connectivity index is 1.42. The summed E-state index contributed by atoms with van der Waals surface area (Å²) in [6.45, 7) is 4.78. The summed E-state index contributed by atoms with van der Waals surface area (Å²) in [5, 5.41) is 13.4. The lowest BCUT2D eigenvalue weighted by Gasteiger charge is -2.37. The molecule has 1 aliphatic heterocycles. The van der Waals surface area contributed by atoms with Crippen LogP contribution in [0.5, 0.6) is 5.75 Å². The Morgan fingerprint density at radius 1 is 1.10 bits per heavy atom. The van der Waals surface area contributed by atoms with E-state index in [4.69, 9.17) is 11.2 Å². The fraction of sp³-hybridized carbons (Fsp3) is 0.292. The second-order valence-electron chi connectivity index (χ2n) is 7.20. The molecule has 0 saturated carbocycles. The molecule has 0 radical (unpaired) electrons. The van der Waals surface area contributed by atoms with Crippen LogP contribution < -0.4 is 9.64 Å². The first-order valence-corrected chi connectivity index (χ1v) is 10.9. The highest BCUT2D eigenvalue weighted by molar-refractivity contribution is 7.09. The second-order valence-corrected chi connectivity index (χ2v) is 8.12. The van der Waals surface area contributed by atoms with Gasteiger partial charge in [-0.05, 0) is 12.1 Å². The average Bonchev–Trinajstić information content (AvgIpc) is 3.34. The van der Waals surface area contributed by atoms with Crippen molar-refractivity contribution in [2.45, 2.75) is 12.6 Å². The van der Waals surface area contributed by atoms with E-state index in [2.05, 4.69) is 32.8 Å². The number of hydrogen-bond acceptors (Lipinski definition) is 6. The maximum absolute atomic E-state index is 10.8. The molecule has 6 heteroatoms. The van der Waals surface area contributed by atoms with Crippen LogP contribution in [0.2, 0.25) is 0 Å². The van der Waals surface area contributed by atoms with Crippen LogP contribution in [0.3, 0.4) is 0 Å². The zero-order valence-corrected chi connectivity index (χ0v) is 17.6. The van der Waals surface area contributed by atoms with Crippen molar-refractivity contribution in [1.29, 1.82) is 0 Å². The number of rotatable bonds is 7. The lowest BCUT2D eigenvalue weighted by atomic mass is 10.1. The summed E-state index contributed by atoms with van der Waals surface area (Å²) in [4.78, 5) is 9.06.